The first-order valence-corrected chi connectivity index (χ1v) is 6.63. The van der Waals surface area contributed by atoms with Gasteiger partial charge < -0.3 is 14.6 Å². The van der Waals surface area contributed by atoms with Crippen molar-refractivity contribution in [1.82, 2.24) is 9.88 Å². The average molecular weight is 258 g/mol. The zero-order valence-electron chi connectivity index (χ0n) is 11.3. The van der Waals surface area contributed by atoms with Crippen LogP contribution in [0, 0.1) is 6.92 Å². The van der Waals surface area contributed by atoms with Gasteiger partial charge in [0.2, 0.25) is 0 Å². The Hall–Kier alpha value is -1.97. The summed E-state index contributed by atoms with van der Waals surface area (Å²) < 4.78 is 4.89. The van der Waals surface area contributed by atoms with Crippen LogP contribution < -0.4 is 0 Å². The number of likely N-dealkylation sites (tertiary alicyclic amines) is 1. The van der Waals surface area contributed by atoms with Gasteiger partial charge >= 0.3 is 6.09 Å². The minimum Gasteiger partial charge on any atom is -0.453 e. The number of nitrogens with zero attached hydrogens (tertiary/aromatic N) is 1. The van der Waals surface area contributed by atoms with Gasteiger partial charge in [0, 0.05) is 23.6 Å². The molecule has 1 fully saturated rings. The number of carbonyl (C=O) groups is 1. The maximum Gasteiger partial charge on any atom is 0.409 e. The van der Waals surface area contributed by atoms with Crippen LogP contribution in [-0.4, -0.2) is 29.6 Å². The van der Waals surface area contributed by atoms with Crippen LogP contribution in [0.1, 0.15) is 30.0 Å². The number of aromatic amines is 1. The summed E-state index contributed by atoms with van der Waals surface area (Å²) >= 11 is 0. The minimum absolute atomic E-state index is 0.130. The van der Waals surface area contributed by atoms with Crippen molar-refractivity contribution in [3.05, 3.63) is 35.5 Å². The third kappa shape index (κ3) is 1.87. The molecule has 0 bridgehead atoms. The van der Waals surface area contributed by atoms with Gasteiger partial charge in [-0.3, -0.25) is 0 Å². The maximum atomic E-state index is 11.9. The lowest BCUT2D eigenvalue weighted by molar-refractivity contribution is 0.119. The number of hydrogen-bond donors (Lipinski definition) is 1. The van der Waals surface area contributed by atoms with Crippen molar-refractivity contribution in [2.24, 2.45) is 0 Å². The van der Waals surface area contributed by atoms with Crippen LogP contribution in [0.2, 0.25) is 0 Å². The fraction of sp³-hybridized carbons (Fsp3) is 0.400. The molecular formula is C15H18N2O2. The third-order valence-corrected chi connectivity index (χ3v) is 3.96. The van der Waals surface area contributed by atoms with Gasteiger partial charge in [0.1, 0.15) is 0 Å². The van der Waals surface area contributed by atoms with Crippen LogP contribution in [0.3, 0.4) is 0 Å². The van der Waals surface area contributed by atoms with Crippen molar-refractivity contribution in [1.29, 1.82) is 0 Å². The number of methoxy groups -OCH3 is 1. The van der Waals surface area contributed by atoms with E-state index in [0.29, 0.717) is 0 Å². The van der Waals surface area contributed by atoms with E-state index in [4.69, 9.17) is 4.74 Å². The SMILES string of the molecule is COC(=O)N1CCC[C@H]1c1cccc2[nH]cc(C)c12. The van der Waals surface area contributed by atoms with Crippen LogP contribution in [0.5, 0.6) is 0 Å². The molecule has 4 heteroatoms. The van der Waals surface area contributed by atoms with Gasteiger partial charge in [-0.1, -0.05) is 12.1 Å². The number of aromatic nitrogens is 1. The van der Waals surface area contributed by atoms with E-state index in [9.17, 15) is 4.79 Å². The lowest BCUT2D eigenvalue weighted by atomic mass is 9.98. The number of amides is 1. The molecule has 19 heavy (non-hydrogen) atoms. The summed E-state index contributed by atoms with van der Waals surface area (Å²) in [7, 11) is 1.44. The Labute approximate surface area is 112 Å². The number of nitrogens with one attached hydrogen (secondary N) is 1. The topological polar surface area (TPSA) is 45.3 Å². The Kier molecular flexibility index (Phi) is 2.93. The van der Waals surface area contributed by atoms with E-state index in [1.807, 2.05) is 17.2 Å². The molecule has 0 spiro atoms. The second-order valence-corrected chi connectivity index (χ2v) is 5.06. The normalized spacial score (nSPS) is 19.1. The lowest BCUT2D eigenvalue weighted by Gasteiger charge is -2.24. The van der Waals surface area contributed by atoms with Gasteiger partial charge in [-0.25, -0.2) is 4.79 Å². The molecule has 2 heterocycles. The number of hydrogen-bond acceptors (Lipinski definition) is 2. The molecule has 1 amide bonds. The molecule has 0 saturated carbocycles. The summed E-state index contributed by atoms with van der Waals surface area (Å²) in [4.78, 5) is 17.0. The number of benzene rings is 1. The second-order valence-electron chi connectivity index (χ2n) is 5.06. The predicted octanol–water partition coefficient (Wildman–Crippen LogP) is 3.38. The highest BCUT2D eigenvalue weighted by molar-refractivity contribution is 5.87. The molecule has 1 atom stereocenters. The number of ether oxygens (including phenoxy) is 1. The number of rotatable bonds is 1. The Morgan fingerprint density at radius 3 is 3.11 bits per heavy atom. The smallest absolute Gasteiger partial charge is 0.409 e. The minimum atomic E-state index is -0.229. The molecule has 1 aliphatic rings. The first-order chi connectivity index (χ1) is 9.22. The number of carbonyl (C=O) groups excluding carboxylic acids is 1. The van der Waals surface area contributed by atoms with Crippen molar-refractivity contribution in [2.75, 3.05) is 13.7 Å². The molecule has 100 valence electrons. The van der Waals surface area contributed by atoms with Crippen molar-refractivity contribution < 1.29 is 9.53 Å². The van der Waals surface area contributed by atoms with E-state index in [1.165, 1.54) is 23.6 Å². The fourth-order valence-electron chi connectivity index (χ4n) is 3.09. The van der Waals surface area contributed by atoms with Crippen LogP contribution in [-0.2, 0) is 4.74 Å². The van der Waals surface area contributed by atoms with E-state index in [2.05, 4.69) is 24.0 Å². The molecule has 1 aromatic carbocycles. The fourth-order valence-corrected chi connectivity index (χ4v) is 3.09. The summed E-state index contributed by atoms with van der Waals surface area (Å²) in [6.07, 6.45) is 3.82. The summed E-state index contributed by atoms with van der Waals surface area (Å²) in [6.45, 7) is 2.87. The van der Waals surface area contributed by atoms with Crippen LogP contribution >= 0.6 is 0 Å². The summed E-state index contributed by atoms with van der Waals surface area (Å²) in [5.41, 5.74) is 3.58. The van der Waals surface area contributed by atoms with Crippen LogP contribution in [0.4, 0.5) is 4.79 Å². The monoisotopic (exact) mass is 258 g/mol. The standard InChI is InChI=1S/C15H18N2O2/c1-10-9-16-12-6-3-5-11(14(10)12)13-7-4-8-17(13)15(18)19-2/h3,5-6,9,13,16H,4,7-8H2,1-2H3/t13-/m0/s1. The second kappa shape index (κ2) is 4.61. The number of fused-ring (bicyclic) bond motifs is 1. The lowest BCUT2D eigenvalue weighted by Crippen LogP contribution is -2.30. The first kappa shape index (κ1) is 12.1. The molecule has 0 aliphatic carbocycles. The summed E-state index contributed by atoms with van der Waals surface area (Å²) in [6, 6.07) is 6.37. The summed E-state index contributed by atoms with van der Waals surface area (Å²) in [5, 5.41) is 1.24. The van der Waals surface area contributed by atoms with Gasteiger partial charge in [0.05, 0.1) is 13.2 Å². The number of H-pyrrole nitrogens is 1. The molecule has 1 aliphatic heterocycles. The van der Waals surface area contributed by atoms with Gasteiger partial charge in [-0.05, 0) is 37.0 Å². The van der Waals surface area contributed by atoms with Crippen LogP contribution in [0.25, 0.3) is 10.9 Å². The van der Waals surface area contributed by atoms with Crippen molar-refractivity contribution in [3.8, 4) is 0 Å². The maximum absolute atomic E-state index is 11.9. The Morgan fingerprint density at radius 1 is 1.47 bits per heavy atom. The quantitative estimate of drug-likeness (QED) is 0.852. The molecule has 1 saturated heterocycles. The van der Waals surface area contributed by atoms with Crippen molar-refractivity contribution in [3.63, 3.8) is 0 Å². The van der Waals surface area contributed by atoms with Gasteiger partial charge in [0.15, 0.2) is 0 Å². The van der Waals surface area contributed by atoms with E-state index >= 15 is 0 Å². The highest BCUT2D eigenvalue weighted by Gasteiger charge is 2.31. The van der Waals surface area contributed by atoms with Gasteiger partial charge in [-0.15, -0.1) is 0 Å². The predicted molar refractivity (Wildman–Crippen MR) is 74.1 cm³/mol. The molecule has 1 aromatic heterocycles. The zero-order valence-corrected chi connectivity index (χ0v) is 11.3. The molecule has 2 aromatic rings. The van der Waals surface area contributed by atoms with E-state index in [-0.39, 0.29) is 12.1 Å². The molecular weight excluding hydrogens is 240 g/mol. The molecule has 0 unspecified atom stereocenters. The average Bonchev–Trinajstić information content (AvgIpc) is 3.05. The largest absolute Gasteiger partial charge is 0.453 e. The van der Waals surface area contributed by atoms with Gasteiger partial charge in [0.25, 0.3) is 0 Å². The summed E-state index contributed by atoms with van der Waals surface area (Å²) in [5.74, 6) is 0. The molecule has 4 nitrogen and oxygen atoms in total. The Morgan fingerprint density at radius 2 is 2.32 bits per heavy atom. The van der Waals surface area contributed by atoms with Crippen molar-refractivity contribution >= 4 is 17.0 Å². The third-order valence-electron chi connectivity index (χ3n) is 3.96. The van der Waals surface area contributed by atoms with Crippen molar-refractivity contribution in [2.45, 2.75) is 25.8 Å². The molecule has 1 N–H and O–H groups in total. The van der Waals surface area contributed by atoms with Gasteiger partial charge in [-0.2, -0.15) is 0 Å². The number of aryl methyl sites for hydroxylation is 1. The first-order valence-electron chi connectivity index (χ1n) is 6.63. The van der Waals surface area contributed by atoms with E-state index < -0.39 is 0 Å². The Bertz CT molecular complexity index is 618. The Balaban J connectivity index is 2.08. The highest BCUT2D eigenvalue weighted by Crippen LogP contribution is 2.37. The molecule has 3 rings (SSSR count). The van der Waals surface area contributed by atoms with Crippen LogP contribution in [0.15, 0.2) is 24.4 Å². The van der Waals surface area contributed by atoms with E-state index in [1.54, 1.807) is 0 Å². The molecule has 0 radical (unpaired) electrons. The van der Waals surface area contributed by atoms with E-state index in [0.717, 1.165) is 24.9 Å². The zero-order chi connectivity index (χ0) is 13.4. The highest BCUT2D eigenvalue weighted by atomic mass is 16.5.